The lowest BCUT2D eigenvalue weighted by atomic mass is 10.0. The van der Waals surface area contributed by atoms with Gasteiger partial charge in [0.05, 0.1) is 22.3 Å². The smallest absolute Gasteiger partial charge is 0.260 e. The highest BCUT2D eigenvalue weighted by molar-refractivity contribution is 6.42. The van der Waals surface area contributed by atoms with E-state index in [2.05, 4.69) is 17.0 Å². The summed E-state index contributed by atoms with van der Waals surface area (Å²) in [5.41, 5.74) is 2.00. The maximum atomic E-state index is 12.8. The van der Waals surface area contributed by atoms with E-state index in [1.54, 1.807) is 23.1 Å². The average Bonchev–Trinajstić information content (AvgIpc) is 3.25. The Morgan fingerprint density at radius 1 is 1.14 bits per heavy atom. The number of halogens is 2. The van der Waals surface area contributed by atoms with Gasteiger partial charge in [-0.2, -0.15) is 0 Å². The van der Waals surface area contributed by atoms with Crippen LogP contribution in [-0.4, -0.2) is 49.0 Å². The number of rotatable bonds is 8. The van der Waals surface area contributed by atoms with Crippen molar-refractivity contribution in [1.29, 1.82) is 0 Å². The minimum atomic E-state index is -0.0585. The zero-order valence-electron chi connectivity index (χ0n) is 16.6. The largest absolute Gasteiger partial charge is 0.491 e. The summed E-state index contributed by atoms with van der Waals surface area (Å²) in [6, 6.07) is 15.5. The van der Waals surface area contributed by atoms with E-state index < -0.39 is 0 Å². The van der Waals surface area contributed by atoms with Crippen LogP contribution < -0.4 is 0 Å². The number of carbonyl (C=O) groups excluding carboxylic acids is 1. The number of amides is 1. The first-order chi connectivity index (χ1) is 14.0. The number of ether oxygens (including phenoxy) is 1. The topological polar surface area (TPSA) is 32.8 Å². The van der Waals surface area contributed by atoms with Gasteiger partial charge >= 0.3 is 0 Å². The third-order valence-corrected chi connectivity index (χ3v) is 5.92. The molecule has 0 bridgehead atoms. The van der Waals surface area contributed by atoms with Crippen LogP contribution in [0.3, 0.4) is 0 Å². The molecule has 1 heterocycles. The van der Waals surface area contributed by atoms with Gasteiger partial charge in [-0.25, -0.2) is 0 Å². The second kappa shape index (κ2) is 10.7. The number of nitrogens with zero attached hydrogens (tertiary/aromatic N) is 2. The van der Waals surface area contributed by atoms with Crippen molar-refractivity contribution in [3.63, 3.8) is 0 Å². The summed E-state index contributed by atoms with van der Waals surface area (Å²) in [6.45, 7) is 3.01. The Kier molecular flexibility index (Phi) is 7.99. The fourth-order valence-electron chi connectivity index (χ4n) is 3.47. The molecule has 0 aromatic heterocycles. The quantitative estimate of drug-likeness (QED) is 0.532. The van der Waals surface area contributed by atoms with Gasteiger partial charge in [-0.15, -0.1) is 0 Å². The van der Waals surface area contributed by atoms with Gasteiger partial charge in [0.25, 0.3) is 5.91 Å². The number of likely N-dealkylation sites (tertiary alicyclic amines) is 1. The van der Waals surface area contributed by atoms with Crippen LogP contribution in [0, 0.1) is 0 Å². The van der Waals surface area contributed by atoms with Crippen LogP contribution in [0.1, 0.15) is 30.0 Å². The lowest BCUT2D eigenvalue weighted by Gasteiger charge is -2.32. The molecule has 0 spiro atoms. The first-order valence-electron chi connectivity index (χ1n) is 9.81. The fraction of sp³-hybridized carbons (Fsp3) is 0.348. The molecule has 1 aliphatic heterocycles. The maximum Gasteiger partial charge on any atom is 0.260 e. The lowest BCUT2D eigenvalue weighted by Crippen LogP contribution is -2.39. The maximum absolute atomic E-state index is 12.8. The molecule has 1 amide bonds. The lowest BCUT2D eigenvalue weighted by molar-refractivity contribution is -0.135. The third kappa shape index (κ3) is 6.23. The second-order valence-electron chi connectivity index (χ2n) is 7.23. The van der Waals surface area contributed by atoms with Gasteiger partial charge in [-0.3, -0.25) is 4.79 Å². The minimum absolute atomic E-state index is 0.00412. The third-order valence-electron chi connectivity index (χ3n) is 5.18. The molecule has 6 heteroatoms. The molecule has 0 aliphatic carbocycles. The minimum Gasteiger partial charge on any atom is -0.491 e. The van der Waals surface area contributed by atoms with Crippen LogP contribution >= 0.6 is 23.2 Å². The van der Waals surface area contributed by atoms with Crippen molar-refractivity contribution < 1.29 is 9.53 Å². The summed E-state index contributed by atoms with van der Waals surface area (Å²) in [6.07, 6.45) is 5.72. The van der Waals surface area contributed by atoms with Gasteiger partial charge in [-0.05, 0) is 55.3 Å². The van der Waals surface area contributed by atoms with Gasteiger partial charge in [0.1, 0.15) is 0 Å². The van der Waals surface area contributed by atoms with Crippen molar-refractivity contribution in [2.45, 2.75) is 18.9 Å². The van der Waals surface area contributed by atoms with Crippen molar-refractivity contribution in [3.05, 3.63) is 76.0 Å². The molecule has 1 fully saturated rings. The average molecular weight is 433 g/mol. The molecule has 154 valence electrons. The zero-order valence-corrected chi connectivity index (χ0v) is 18.1. The summed E-state index contributed by atoms with van der Waals surface area (Å²) in [7, 11) is 1.85. The van der Waals surface area contributed by atoms with Crippen LogP contribution in [0.25, 0.3) is 6.08 Å². The highest BCUT2D eigenvalue weighted by Crippen LogP contribution is 2.24. The normalized spacial score (nSPS) is 15.6. The van der Waals surface area contributed by atoms with Gasteiger partial charge in [0, 0.05) is 13.6 Å². The Bertz CT molecular complexity index is 836. The summed E-state index contributed by atoms with van der Waals surface area (Å²) in [5.74, 6) is -0.0585. The molecule has 2 aromatic carbocycles. The monoisotopic (exact) mass is 432 g/mol. The Morgan fingerprint density at radius 3 is 2.55 bits per heavy atom. The van der Waals surface area contributed by atoms with E-state index in [4.69, 9.17) is 27.9 Å². The molecule has 1 unspecified atom stereocenters. The molecular formula is C23H26Cl2N2O2. The van der Waals surface area contributed by atoms with Crippen LogP contribution in [0.4, 0.5) is 0 Å². The zero-order chi connectivity index (χ0) is 20.6. The predicted molar refractivity (Wildman–Crippen MR) is 119 cm³/mol. The molecule has 0 saturated carbocycles. The standard InChI is InChI=1S/C23H26Cl2N2O2/c1-26(22(16-27-12-5-6-13-27)19-7-3-2-4-8-19)23(28)17-29-14-11-18-9-10-20(24)21(25)15-18/h2-4,7-11,14-15,22H,5-6,12-13,16-17H2,1H3/b14-11+. The summed E-state index contributed by atoms with van der Waals surface area (Å²) < 4.78 is 5.49. The predicted octanol–water partition coefficient (Wildman–Crippen LogP) is 5.28. The highest BCUT2D eigenvalue weighted by Gasteiger charge is 2.25. The van der Waals surface area contributed by atoms with E-state index in [1.807, 2.05) is 31.3 Å². The van der Waals surface area contributed by atoms with E-state index in [0.29, 0.717) is 10.0 Å². The van der Waals surface area contributed by atoms with Gasteiger partial charge < -0.3 is 14.5 Å². The van der Waals surface area contributed by atoms with Crippen molar-refractivity contribution in [3.8, 4) is 0 Å². The Morgan fingerprint density at radius 2 is 1.86 bits per heavy atom. The molecule has 29 heavy (non-hydrogen) atoms. The molecule has 4 nitrogen and oxygen atoms in total. The Labute approximate surface area is 182 Å². The van der Waals surface area contributed by atoms with Crippen LogP contribution in [0.5, 0.6) is 0 Å². The van der Waals surface area contributed by atoms with Gasteiger partial charge in [0.15, 0.2) is 6.61 Å². The van der Waals surface area contributed by atoms with Gasteiger partial charge in [0.2, 0.25) is 0 Å². The molecule has 0 N–H and O–H groups in total. The van der Waals surface area contributed by atoms with Crippen LogP contribution in [0.15, 0.2) is 54.8 Å². The molecular weight excluding hydrogens is 407 g/mol. The SMILES string of the molecule is CN(C(=O)CO/C=C/c1ccc(Cl)c(Cl)c1)C(CN1CCCC1)c1ccccc1. The second-order valence-corrected chi connectivity index (χ2v) is 8.04. The summed E-state index contributed by atoms with van der Waals surface area (Å²) >= 11 is 11.9. The molecule has 0 radical (unpaired) electrons. The molecule has 2 aromatic rings. The fourth-order valence-corrected chi connectivity index (χ4v) is 3.78. The van der Waals surface area contributed by atoms with Crippen molar-refractivity contribution in [2.24, 2.45) is 0 Å². The first kappa shape index (κ1) is 21.7. The summed E-state index contributed by atoms with van der Waals surface area (Å²) in [4.78, 5) is 17.0. The van der Waals surface area contributed by atoms with Crippen LogP contribution in [-0.2, 0) is 9.53 Å². The van der Waals surface area contributed by atoms with E-state index >= 15 is 0 Å². The molecule has 3 rings (SSSR count). The Balaban J connectivity index is 1.59. The Hall–Kier alpha value is -2.01. The number of benzene rings is 2. The van der Waals surface area contributed by atoms with Crippen LogP contribution in [0.2, 0.25) is 10.0 Å². The highest BCUT2D eigenvalue weighted by atomic mass is 35.5. The van der Waals surface area contributed by atoms with E-state index in [1.165, 1.54) is 19.1 Å². The van der Waals surface area contributed by atoms with E-state index in [0.717, 1.165) is 30.8 Å². The number of carbonyl (C=O) groups is 1. The number of likely N-dealkylation sites (N-methyl/N-ethyl adjacent to an activating group) is 1. The molecule has 1 atom stereocenters. The number of hydrogen-bond acceptors (Lipinski definition) is 3. The van der Waals surface area contributed by atoms with E-state index in [-0.39, 0.29) is 18.6 Å². The summed E-state index contributed by atoms with van der Waals surface area (Å²) in [5, 5.41) is 0.990. The van der Waals surface area contributed by atoms with E-state index in [9.17, 15) is 4.79 Å². The van der Waals surface area contributed by atoms with Gasteiger partial charge in [-0.1, -0.05) is 59.6 Å². The first-order valence-corrected chi connectivity index (χ1v) is 10.6. The number of hydrogen-bond donors (Lipinski definition) is 0. The molecule has 1 aliphatic rings. The molecule has 1 saturated heterocycles. The van der Waals surface area contributed by atoms with Crippen molar-refractivity contribution in [2.75, 3.05) is 33.3 Å². The van der Waals surface area contributed by atoms with Crippen molar-refractivity contribution in [1.82, 2.24) is 9.80 Å². The van der Waals surface area contributed by atoms with Crippen molar-refractivity contribution >= 4 is 35.2 Å².